The van der Waals surface area contributed by atoms with Crippen molar-refractivity contribution in [2.75, 3.05) is 6.61 Å². The number of para-hydroxylation sites is 1. The Morgan fingerprint density at radius 3 is 2.68 bits per heavy atom. The number of ether oxygens (including phenoxy) is 1. The predicted octanol–water partition coefficient (Wildman–Crippen LogP) is 3.12. The van der Waals surface area contributed by atoms with Crippen molar-refractivity contribution in [3.05, 3.63) is 35.4 Å². The summed E-state index contributed by atoms with van der Waals surface area (Å²) in [5.41, 5.74) is 0.985. The zero-order valence-electron chi connectivity index (χ0n) is 9.78. The maximum atomic E-state index is 12.6. The van der Waals surface area contributed by atoms with Crippen LogP contribution in [0.5, 0.6) is 5.75 Å². The fourth-order valence-electron chi connectivity index (χ4n) is 1.89. The van der Waals surface area contributed by atoms with Crippen LogP contribution in [0.2, 0.25) is 0 Å². The molecular weight excluding hydrogens is 261 g/mol. The second-order valence-corrected chi connectivity index (χ2v) is 4.27. The van der Waals surface area contributed by atoms with Crippen LogP contribution in [0.3, 0.4) is 0 Å². The predicted molar refractivity (Wildman–Crippen MR) is 61.7 cm³/mol. The lowest BCUT2D eigenvalue weighted by Gasteiger charge is -2.21. The Balaban J connectivity index is 2.21. The summed E-state index contributed by atoms with van der Waals surface area (Å²) < 4.78 is 43.0. The van der Waals surface area contributed by atoms with Crippen LogP contribution in [0.15, 0.2) is 29.8 Å². The molecule has 0 fully saturated rings. The molecule has 0 saturated carbocycles. The first kappa shape index (κ1) is 13.5. The number of aliphatic carboxylic acids is 1. The molecule has 1 aliphatic rings. The molecule has 1 heterocycles. The van der Waals surface area contributed by atoms with E-state index < -0.39 is 24.5 Å². The highest BCUT2D eigenvalue weighted by molar-refractivity contribution is 5.72. The average molecular weight is 272 g/mol. The summed E-state index contributed by atoms with van der Waals surface area (Å²) in [5.74, 6) is -3.68. The highest BCUT2D eigenvalue weighted by Crippen LogP contribution is 2.34. The number of carboxylic acid groups (broad SMARTS) is 1. The Hall–Kier alpha value is -1.98. The molecule has 0 spiro atoms. The molecule has 0 bridgehead atoms. The van der Waals surface area contributed by atoms with Crippen molar-refractivity contribution in [3.8, 4) is 5.75 Å². The summed E-state index contributed by atoms with van der Waals surface area (Å²) in [4.78, 5) is 10.7. The third-order valence-corrected chi connectivity index (χ3v) is 2.85. The summed E-state index contributed by atoms with van der Waals surface area (Å²) in [6.07, 6.45) is -3.79. The van der Waals surface area contributed by atoms with Crippen molar-refractivity contribution in [3.63, 3.8) is 0 Å². The smallest absolute Gasteiger partial charge is 0.402 e. The van der Waals surface area contributed by atoms with Gasteiger partial charge in [0, 0.05) is 5.56 Å². The van der Waals surface area contributed by atoms with E-state index in [0.29, 0.717) is 16.9 Å². The Labute approximate surface area is 107 Å². The van der Waals surface area contributed by atoms with E-state index in [1.807, 2.05) is 0 Å². The number of halogens is 3. The van der Waals surface area contributed by atoms with E-state index in [1.165, 1.54) is 0 Å². The molecule has 19 heavy (non-hydrogen) atoms. The lowest BCUT2D eigenvalue weighted by Crippen LogP contribution is -2.31. The largest absolute Gasteiger partial charge is 0.489 e. The molecular formula is C13H11F3O3. The van der Waals surface area contributed by atoms with Gasteiger partial charge in [-0.3, -0.25) is 4.79 Å². The monoisotopic (exact) mass is 272 g/mol. The molecule has 0 saturated heterocycles. The number of alkyl halides is 3. The Bertz CT molecular complexity index is 520. The molecule has 0 aliphatic carbocycles. The van der Waals surface area contributed by atoms with Gasteiger partial charge in [0.2, 0.25) is 0 Å². The van der Waals surface area contributed by atoms with Gasteiger partial charge < -0.3 is 9.84 Å². The SMILES string of the molecule is O=C(O)C(CC1=Cc2ccccc2OC1)C(F)(F)F. The molecule has 1 aromatic rings. The van der Waals surface area contributed by atoms with Gasteiger partial charge in [-0.2, -0.15) is 13.2 Å². The second kappa shape index (κ2) is 4.95. The molecule has 102 valence electrons. The van der Waals surface area contributed by atoms with Crippen LogP contribution in [0.25, 0.3) is 6.08 Å². The Kier molecular flexibility index (Phi) is 3.50. The van der Waals surface area contributed by atoms with Crippen LogP contribution in [0.4, 0.5) is 13.2 Å². The fourth-order valence-corrected chi connectivity index (χ4v) is 1.89. The van der Waals surface area contributed by atoms with E-state index in [1.54, 1.807) is 30.3 Å². The van der Waals surface area contributed by atoms with E-state index in [2.05, 4.69) is 0 Å². The van der Waals surface area contributed by atoms with Crippen molar-refractivity contribution in [1.82, 2.24) is 0 Å². The van der Waals surface area contributed by atoms with Gasteiger partial charge in [-0.15, -0.1) is 0 Å². The van der Waals surface area contributed by atoms with Crippen molar-refractivity contribution in [1.29, 1.82) is 0 Å². The topological polar surface area (TPSA) is 46.5 Å². The minimum absolute atomic E-state index is 0.0170. The van der Waals surface area contributed by atoms with E-state index in [-0.39, 0.29) is 6.61 Å². The summed E-state index contributed by atoms with van der Waals surface area (Å²) in [6, 6.07) is 6.91. The molecule has 0 radical (unpaired) electrons. The lowest BCUT2D eigenvalue weighted by molar-refractivity contribution is -0.193. The van der Waals surface area contributed by atoms with E-state index in [4.69, 9.17) is 9.84 Å². The maximum absolute atomic E-state index is 12.6. The zero-order valence-corrected chi connectivity index (χ0v) is 9.78. The van der Waals surface area contributed by atoms with E-state index in [0.717, 1.165) is 0 Å². The molecule has 6 heteroatoms. The zero-order chi connectivity index (χ0) is 14.0. The molecule has 2 rings (SSSR count). The lowest BCUT2D eigenvalue weighted by atomic mass is 9.96. The standard InChI is InChI=1S/C13H11F3O3/c14-13(15,16)10(12(17)18)6-8-5-9-3-1-2-4-11(9)19-7-8/h1-5,10H,6-7H2,(H,17,18). The fraction of sp³-hybridized carbons (Fsp3) is 0.308. The van der Waals surface area contributed by atoms with Gasteiger partial charge in [0.05, 0.1) is 0 Å². The van der Waals surface area contributed by atoms with Crippen molar-refractivity contribution < 1.29 is 27.8 Å². The Morgan fingerprint density at radius 1 is 1.37 bits per heavy atom. The highest BCUT2D eigenvalue weighted by atomic mass is 19.4. The maximum Gasteiger partial charge on any atom is 0.402 e. The van der Waals surface area contributed by atoms with Crippen LogP contribution < -0.4 is 4.74 Å². The Morgan fingerprint density at radius 2 is 2.05 bits per heavy atom. The normalized spacial score (nSPS) is 16.1. The molecule has 1 N–H and O–H groups in total. The molecule has 0 aromatic heterocycles. The molecule has 0 amide bonds. The van der Waals surface area contributed by atoms with Crippen LogP contribution in [-0.4, -0.2) is 23.9 Å². The quantitative estimate of drug-likeness (QED) is 0.919. The first-order chi connectivity index (χ1) is 8.88. The van der Waals surface area contributed by atoms with Crippen LogP contribution in [0.1, 0.15) is 12.0 Å². The summed E-state index contributed by atoms with van der Waals surface area (Å²) in [6.45, 7) is -0.0170. The summed E-state index contributed by atoms with van der Waals surface area (Å²) in [7, 11) is 0. The number of carbonyl (C=O) groups is 1. The molecule has 1 atom stereocenters. The van der Waals surface area contributed by atoms with Crippen LogP contribution in [-0.2, 0) is 4.79 Å². The first-order valence-electron chi connectivity index (χ1n) is 5.58. The van der Waals surface area contributed by atoms with Crippen LogP contribution in [0, 0.1) is 5.92 Å². The number of benzene rings is 1. The van der Waals surface area contributed by atoms with Crippen molar-refractivity contribution in [2.45, 2.75) is 12.6 Å². The van der Waals surface area contributed by atoms with Gasteiger partial charge in [0.25, 0.3) is 0 Å². The molecule has 1 aromatic carbocycles. The summed E-state index contributed by atoms with van der Waals surface area (Å²) >= 11 is 0. The van der Waals surface area contributed by atoms with E-state index >= 15 is 0 Å². The van der Waals surface area contributed by atoms with Gasteiger partial charge in [-0.25, -0.2) is 0 Å². The van der Waals surface area contributed by atoms with Crippen molar-refractivity contribution in [2.24, 2.45) is 5.92 Å². The summed E-state index contributed by atoms with van der Waals surface area (Å²) in [5, 5.41) is 8.65. The van der Waals surface area contributed by atoms with Gasteiger partial charge >= 0.3 is 12.1 Å². The molecule has 3 nitrogen and oxygen atoms in total. The minimum Gasteiger partial charge on any atom is -0.489 e. The second-order valence-electron chi connectivity index (χ2n) is 4.27. The third-order valence-electron chi connectivity index (χ3n) is 2.85. The first-order valence-corrected chi connectivity index (χ1v) is 5.58. The van der Waals surface area contributed by atoms with Crippen molar-refractivity contribution >= 4 is 12.0 Å². The highest BCUT2D eigenvalue weighted by Gasteiger charge is 2.45. The number of rotatable bonds is 3. The number of fused-ring (bicyclic) bond motifs is 1. The average Bonchev–Trinajstić information content (AvgIpc) is 2.34. The molecule has 1 unspecified atom stereocenters. The van der Waals surface area contributed by atoms with Gasteiger partial charge in [-0.1, -0.05) is 18.2 Å². The van der Waals surface area contributed by atoms with Gasteiger partial charge in [0.1, 0.15) is 12.4 Å². The number of hydrogen-bond donors (Lipinski definition) is 1. The van der Waals surface area contributed by atoms with Gasteiger partial charge in [-0.05, 0) is 24.1 Å². The van der Waals surface area contributed by atoms with E-state index in [9.17, 15) is 18.0 Å². The minimum atomic E-state index is -4.76. The van der Waals surface area contributed by atoms with Crippen LogP contribution >= 0.6 is 0 Å². The third kappa shape index (κ3) is 3.07. The molecule has 1 aliphatic heterocycles. The number of carboxylic acids is 1. The number of hydrogen-bond acceptors (Lipinski definition) is 2. The van der Waals surface area contributed by atoms with Gasteiger partial charge in [0.15, 0.2) is 5.92 Å².